The van der Waals surface area contributed by atoms with E-state index in [1.165, 1.54) is 0 Å². The third kappa shape index (κ3) is 4.67. The van der Waals surface area contributed by atoms with Crippen LogP contribution in [0.1, 0.15) is 6.92 Å². The molecule has 1 amide bonds. The molecule has 1 unspecified atom stereocenters. The van der Waals surface area contributed by atoms with Gasteiger partial charge in [-0.2, -0.15) is 0 Å². The fraction of sp³-hybridized carbons (Fsp3) is 0.462. The molecule has 106 valence electrons. The molecule has 0 saturated heterocycles. The summed E-state index contributed by atoms with van der Waals surface area (Å²) >= 11 is 0. The topological polar surface area (TPSA) is 85.6 Å². The highest BCUT2D eigenvalue weighted by molar-refractivity contribution is 5.85. The van der Waals surface area contributed by atoms with E-state index in [1.807, 2.05) is 0 Å². The first-order valence-electron chi connectivity index (χ1n) is 6.05. The molecule has 19 heavy (non-hydrogen) atoms. The number of carbonyl (C=O) groups excluding carboxylic acids is 1. The molecule has 0 aliphatic heterocycles. The van der Waals surface area contributed by atoms with Crippen molar-refractivity contribution in [2.75, 3.05) is 38.4 Å². The van der Waals surface area contributed by atoms with Crippen molar-refractivity contribution in [2.24, 2.45) is 0 Å². The number of nitrogens with one attached hydrogen (secondary N) is 2. The van der Waals surface area contributed by atoms with E-state index in [2.05, 4.69) is 10.6 Å². The Kier molecular flexibility index (Phi) is 5.95. The second-order valence-electron chi connectivity index (χ2n) is 4.10. The summed E-state index contributed by atoms with van der Waals surface area (Å²) in [6.07, 6.45) is 0. The molecule has 1 atom stereocenters. The molecule has 0 saturated carbocycles. The van der Waals surface area contributed by atoms with E-state index in [4.69, 9.17) is 15.2 Å². The smallest absolute Gasteiger partial charge is 0.242 e. The fourth-order valence-corrected chi connectivity index (χ4v) is 1.52. The lowest BCUT2D eigenvalue weighted by Gasteiger charge is -2.17. The first-order valence-corrected chi connectivity index (χ1v) is 6.05. The van der Waals surface area contributed by atoms with Crippen LogP contribution in [0, 0.1) is 0 Å². The third-order valence-electron chi connectivity index (χ3n) is 2.63. The predicted molar refractivity (Wildman–Crippen MR) is 75.4 cm³/mol. The van der Waals surface area contributed by atoms with Gasteiger partial charge in [-0.25, -0.2) is 0 Å². The van der Waals surface area contributed by atoms with Crippen molar-refractivity contribution < 1.29 is 14.3 Å². The van der Waals surface area contributed by atoms with Gasteiger partial charge in [0, 0.05) is 19.7 Å². The minimum Gasteiger partial charge on any atom is -0.497 e. The predicted octanol–water partition coefficient (Wildman–Crippen LogP) is 0.840. The van der Waals surface area contributed by atoms with E-state index in [1.54, 1.807) is 39.3 Å². The van der Waals surface area contributed by atoms with Gasteiger partial charge in [-0.15, -0.1) is 0 Å². The quantitative estimate of drug-likeness (QED) is 0.503. The second kappa shape index (κ2) is 7.48. The maximum atomic E-state index is 11.8. The normalized spacial score (nSPS) is 11.7. The van der Waals surface area contributed by atoms with Crippen LogP contribution in [0.3, 0.4) is 0 Å². The van der Waals surface area contributed by atoms with E-state index >= 15 is 0 Å². The molecule has 1 aromatic carbocycles. The average molecular weight is 267 g/mol. The van der Waals surface area contributed by atoms with Gasteiger partial charge in [0.2, 0.25) is 5.91 Å². The molecular formula is C13H21N3O3. The Hall–Kier alpha value is -1.95. The van der Waals surface area contributed by atoms with E-state index in [-0.39, 0.29) is 5.91 Å². The van der Waals surface area contributed by atoms with Gasteiger partial charge in [0.05, 0.1) is 25.1 Å². The summed E-state index contributed by atoms with van der Waals surface area (Å²) in [6, 6.07) is 4.86. The summed E-state index contributed by atoms with van der Waals surface area (Å²) in [5.74, 6) is 0.572. The molecule has 4 N–H and O–H groups in total. The number of benzene rings is 1. The molecule has 0 bridgehead atoms. The Morgan fingerprint density at radius 3 is 2.79 bits per heavy atom. The summed E-state index contributed by atoms with van der Waals surface area (Å²) in [5.41, 5.74) is 7.09. The highest BCUT2D eigenvalue weighted by Gasteiger charge is 2.13. The minimum atomic E-state index is -0.397. The van der Waals surface area contributed by atoms with Crippen LogP contribution in [-0.2, 0) is 9.53 Å². The number of amides is 1. The molecule has 0 aliphatic rings. The molecule has 6 nitrogen and oxygen atoms in total. The van der Waals surface area contributed by atoms with Crippen LogP contribution in [0.4, 0.5) is 11.4 Å². The van der Waals surface area contributed by atoms with Crippen molar-refractivity contribution >= 4 is 17.3 Å². The lowest BCUT2D eigenvalue weighted by Crippen LogP contribution is -2.39. The largest absolute Gasteiger partial charge is 0.497 e. The molecule has 0 aliphatic carbocycles. The van der Waals surface area contributed by atoms with Crippen molar-refractivity contribution in [1.29, 1.82) is 0 Å². The van der Waals surface area contributed by atoms with Crippen LogP contribution in [-0.4, -0.2) is 39.3 Å². The van der Waals surface area contributed by atoms with Crippen molar-refractivity contribution in [3.8, 4) is 5.75 Å². The molecule has 0 radical (unpaired) electrons. The Bertz CT molecular complexity index is 424. The summed E-state index contributed by atoms with van der Waals surface area (Å²) in [5, 5.41) is 5.81. The maximum Gasteiger partial charge on any atom is 0.242 e. The zero-order valence-corrected chi connectivity index (χ0v) is 11.5. The zero-order valence-electron chi connectivity index (χ0n) is 11.5. The highest BCUT2D eigenvalue weighted by Crippen LogP contribution is 2.24. The second-order valence-corrected chi connectivity index (χ2v) is 4.10. The van der Waals surface area contributed by atoms with Crippen LogP contribution < -0.4 is 21.1 Å². The van der Waals surface area contributed by atoms with Crippen LogP contribution in [0.15, 0.2) is 18.2 Å². The van der Waals surface area contributed by atoms with Crippen LogP contribution in [0.25, 0.3) is 0 Å². The average Bonchev–Trinajstić information content (AvgIpc) is 2.41. The van der Waals surface area contributed by atoms with Crippen molar-refractivity contribution in [2.45, 2.75) is 13.0 Å². The number of nitrogens with two attached hydrogens (primary N) is 1. The SMILES string of the molecule is COCCNC(=O)C(C)Nc1cc(OC)ccc1N. The number of nitrogen functional groups attached to an aromatic ring is 1. The third-order valence-corrected chi connectivity index (χ3v) is 2.63. The van der Waals surface area contributed by atoms with E-state index in [9.17, 15) is 4.79 Å². The number of hydrogen-bond donors (Lipinski definition) is 3. The number of rotatable bonds is 7. The Morgan fingerprint density at radius 1 is 1.42 bits per heavy atom. The van der Waals surface area contributed by atoms with Gasteiger partial charge < -0.3 is 25.8 Å². The Morgan fingerprint density at radius 2 is 2.16 bits per heavy atom. The summed E-state index contributed by atoms with van der Waals surface area (Å²) in [7, 11) is 3.17. The van der Waals surface area contributed by atoms with Gasteiger partial charge in [-0.1, -0.05) is 0 Å². The Balaban J connectivity index is 2.60. The number of anilines is 2. The minimum absolute atomic E-state index is 0.112. The Labute approximate surface area is 113 Å². The summed E-state index contributed by atoms with van der Waals surface area (Å²) < 4.78 is 9.99. The van der Waals surface area contributed by atoms with Gasteiger partial charge in [0.25, 0.3) is 0 Å². The molecule has 1 rings (SSSR count). The van der Waals surface area contributed by atoms with Crippen molar-refractivity contribution in [1.82, 2.24) is 5.32 Å². The number of carbonyl (C=O) groups is 1. The number of methoxy groups -OCH3 is 2. The first kappa shape index (κ1) is 15.1. The lowest BCUT2D eigenvalue weighted by molar-refractivity contribution is -0.121. The summed E-state index contributed by atoms with van der Waals surface area (Å²) in [6.45, 7) is 2.73. The van der Waals surface area contributed by atoms with E-state index in [0.717, 1.165) is 0 Å². The van der Waals surface area contributed by atoms with Gasteiger partial charge >= 0.3 is 0 Å². The molecule has 1 aromatic rings. The zero-order chi connectivity index (χ0) is 14.3. The van der Waals surface area contributed by atoms with Gasteiger partial charge in [0.15, 0.2) is 0 Å². The molecule has 0 heterocycles. The van der Waals surface area contributed by atoms with Crippen molar-refractivity contribution in [3.63, 3.8) is 0 Å². The van der Waals surface area contributed by atoms with E-state index < -0.39 is 6.04 Å². The maximum absolute atomic E-state index is 11.8. The highest BCUT2D eigenvalue weighted by atomic mass is 16.5. The molecule has 0 spiro atoms. The van der Waals surface area contributed by atoms with Gasteiger partial charge in [-0.05, 0) is 19.1 Å². The van der Waals surface area contributed by atoms with Gasteiger partial charge in [-0.3, -0.25) is 4.79 Å². The fourth-order valence-electron chi connectivity index (χ4n) is 1.52. The van der Waals surface area contributed by atoms with Crippen LogP contribution in [0.5, 0.6) is 5.75 Å². The lowest BCUT2D eigenvalue weighted by atomic mass is 10.2. The molecule has 6 heteroatoms. The molecule has 0 fully saturated rings. The number of hydrogen-bond acceptors (Lipinski definition) is 5. The van der Waals surface area contributed by atoms with Crippen LogP contribution in [0.2, 0.25) is 0 Å². The number of ether oxygens (including phenoxy) is 2. The molecule has 0 aromatic heterocycles. The summed E-state index contributed by atoms with van der Waals surface area (Å²) in [4.78, 5) is 11.8. The monoisotopic (exact) mass is 267 g/mol. The van der Waals surface area contributed by atoms with E-state index in [0.29, 0.717) is 30.3 Å². The standard InChI is InChI=1S/C13H21N3O3/c1-9(13(17)15-6-7-18-2)16-12-8-10(19-3)4-5-11(12)14/h4-5,8-9,16H,6-7,14H2,1-3H3,(H,15,17). The first-order chi connectivity index (χ1) is 9.08. The van der Waals surface area contributed by atoms with Crippen molar-refractivity contribution in [3.05, 3.63) is 18.2 Å². The van der Waals surface area contributed by atoms with Gasteiger partial charge in [0.1, 0.15) is 11.8 Å². The molecular weight excluding hydrogens is 246 g/mol. The van der Waals surface area contributed by atoms with Crippen LogP contribution >= 0.6 is 0 Å².